The van der Waals surface area contributed by atoms with E-state index in [4.69, 9.17) is 4.74 Å². The van der Waals surface area contributed by atoms with Crippen LogP contribution in [0.3, 0.4) is 0 Å². The number of amidine groups is 1. The molecule has 0 unspecified atom stereocenters. The van der Waals surface area contributed by atoms with Gasteiger partial charge >= 0.3 is 0 Å². The first kappa shape index (κ1) is 12.7. The van der Waals surface area contributed by atoms with Crippen LogP contribution < -0.4 is 0 Å². The third-order valence-corrected chi connectivity index (χ3v) is 4.89. The van der Waals surface area contributed by atoms with E-state index < -0.39 is 30.5 Å². The van der Waals surface area contributed by atoms with Crippen LogP contribution in [0.25, 0.3) is 0 Å². The molecule has 2 saturated heterocycles. The number of aliphatic hydroxyl groups excluding tert-OH is 3. The van der Waals surface area contributed by atoms with Crippen LogP contribution in [0.1, 0.15) is 13.3 Å². The minimum absolute atomic E-state index is 0.307. The second-order valence-electron chi connectivity index (χ2n) is 5.05. The number of likely N-dealkylation sites (tertiary alicyclic amines) is 1. The number of aliphatic imine (C=N–C) groups is 1. The van der Waals surface area contributed by atoms with Gasteiger partial charge in [-0.15, -0.1) is 0 Å². The maximum Gasteiger partial charge on any atom is 0.162 e. The van der Waals surface area contributed by atoms with E-state index in [1.165, 1.54) is 11.8 Å². The zero-order chi connectivity index (χ0) is 12.9. The molecule has 0 aromatic rings. The molecular weight excluding hydrogens is 256 g/mol. The van der Waals surface area contributed by atoms with Crippen LogP contribution in [0, 0.1) is 0 Å². The van der Waals surface area contributed by atoms with Crippen molar-refractivity contribution in [2.24, 2.45) is 4.99 Å². The Bertz CT molecular complexity index is 361. The van der Waals surface area contributed by atoms with Gasteiger partial charge in [0.1, 0.15) is 29.8 Å². The molecule has 3 N–H and O–H groups in total. The van der Waals surface area contributed by atoms with Crippen LogP contribution >= 0.6 is 11.8 Å². The van der Waals surface area contributed by atoms with Crippen molar-refractivity contribution in [1.82, 2.24) is 4.90 Å². The second kappa shape index (κ2) is 4.64. The molecule has 0 amide bonds. The summed E-state index contributed by atoms with van der Waals surface area (Å²) < 4.78 is 5.67. The Kier molecular flexibility index (Phi) is 3.27. The molecule has 102 valence electrons. The Labute approximate surface area is 110 Å². The minimum Gasteiger partial charge on any atom is -0.391 e. The summed E-state index contributed by atoms with van der Waals surface area (Å²) in [5.41, 5.74) is -0.307. The number of aliphatic hydroxyl groups is 3. The highest BCUT2D eigenvalue weighted by atomic mass is 32.2. The van der Waals surface area contributed by atoms with Crippen molar-refractivity contribution in [3.8, 4) is 0 Å². The zero-order valence-corrected chi connectivity index (χ0v) is 11.0. The Morgan fingerprint density at radius 1 is 1.39 bits per heavy atom. The Hall–Kier alpha value is -0.340. The van der Waals surface area contributed by atoms with Crippen molar-refractivity contribution in [1.29, 1.82) is 0 Å². The molecule has 2 fully saturated rings. The highest BCUT2D eigenvalue weighted by molar-refractivity contribution is 8.14. The molecule has 0 aromatic carbocycles. The Balaban J connectivity index is 1.75. The highest BCUT2D eigenvalue weighted by Crippen LogP contribution is 2.38. The second-order valence-corrected chi connectivity index (χ2v) is 6.12. The molecule has 18 heavy (non-hydrogen) atoms. The highest BCUT2D eigenvalue weighted by Gasteiger charge is 2.50. The normalized spacial score (nSPS) is 45.2. The number of fused-ring (bicyclic) bond motifs is 1. The Morgan fingerprint density at radius 3 is 2.67 bits per heavy atom. The predicted molar refractivity (Wildman–Crippen MR) is 67.4 cm³/mol. The van der Waals surface area contributed by atoms with Crippen LogP contribution in [0.2, 0.25) is 0 Å². The van der Waals surface area contributed by atoms with Gasteiger partial charge in [0.25, 0.3) is 0 Å². The minimum atomic E-state index is -1.09. The molecule has 0 aromatic heterocycles. The molecule has 3 aliphatic heterocycles. The molecule has 0 aliphatic carbocycles. The smallest absolute Gasteiger partial charge is 0.162 e. The van der Waals surface area contributed by atoms with E-state index in [1.807, 2.05) is 0 Å². The summed E-state index contributed by atoms with van der Waals surface area (Å²) in [5, 5.41) is 30.4. The maximum absolute atomic E-state index is 10.1. The molecular formula is C11H18N2O4S. The van der Waals surface area contributed by atoms with Gasteiger partial charge < -0.3 is 25.0 Å². The molecule has 6 atom stereocenters. The van der Waals surface area contributed by atoms with Crippen LogP contribution in [0.15, 0.2) is 4.99 Å². The number of rotatable bonds is 1. The first-order valence-corrected chi connectivity index (χ1v) is 7.15. The monoisotopic (exact) mass is 274 g/mol. The van der Waals surface area contributed by atoms with E-state index in [-0.39, 0.29) is 5.44 Å². The fourth-order valence-corrected chi connectivity index (χ4v) is 3.70. The topological polar surface area (TPSA) is 85.5 Å². The van der Waals surface area contributed by atoms with E-state index in [0.717, 1.165) is 24.7 Å². The molecule has 0 saturated carbocycles. The fraction of sp³-hybridized carbons (Fsp3) is 0.909. The van der Waals surface area contributed by atoms with Crippen LogP contribution in [-0.2, 0) is 4.74 Å². The summed E-state index contributed by atoms with van der Waals surface area (Å²) in [6.45, 7) is 3.53. The van der Waals surface area contributed by atoms with Gasteiger partial charge in [-0.25, -0.2) is 0 Å². The molecule has 0 radical (unpaired) electrons. The van der Waals surface area contributed by atoms with E-state index in [2.05, 4.69) is 9.89 Å². The lowest BCUT2D eigenvalue weighted by molar-refractivity contribution is -0.181. The van der Waals surface area contributed by atoms with Crippen LogP contribution in [-0.4, -0.2) is 74.4 Å². The molecule has 6 nitrogen and oxygen atoms in total. The van der Waals surface area contributed by atoms with Crippen molar-refractivity contribution in [2.75, 3.05) is 13.1 Å². The fourth-order valence-electron chi connectivity index (χ4n) is 2.43. The number of thioether (sulfide) groups is 1. The van der Waals surface area contributed by atoms with Crippen molar-refractivity contribution in [2.45, 2.75) is 49.2 Å². The first-order valence-electron chi connectivity index (χ1n) is 6.27. The van der Waals surface area contributed by atoms with Crippen molar-refractivity contribution in [3.05, 3.63) is 0 Å². The lowest BCUT2D eigenvalue weighted by Crippen LogP contribution is -2.57. The van der Waals surface area contributed by atoms with E-state index in [1.54, 1.807) is 6.92 Å². The molecule has 0 spiro atoms. The van der Waals surface area contributed by atoms with Gasteiger partial charge in [-0.3, -0.25) is 4.99 Å². The van der Waals surface area contributed by atoms with Crippen molar-refractivity contribution < 1.29 is 20.1 Å². The largest absolute Gasteiger partial charge is 0.391 e. The van der Waals surface area contributed by atoms with E-state index >= 15 is 0 Å². The van der Waals surface area contributed by atoms with Crippen molar-refractivity contribution >= 4 is 16.9 Å². The molecule has 3 heterocycles. The van der Waals surface area contributed by atoms with Gasteiger partial charge in [0.15, 0.2) is 5.17 Å². The number of hydrogen-bond acceptors (Lipinski definition) is 7. The zero-order valence-electron chi connectivity index (χ0n) is 10.1. The average Bonchev–Trinajstić information content (AvgIpc) is 2.64. The van der Waals surface area contributed by atoms with Gasteiger partial charge in [-0.2, -0.15) is 0 Å². The SMILES string of the molecule is C[C@H](O)[C@H]1O[C@@H]2SC(N3CCC3)=N[C@@H]2[C@@H](O)[C@@H]1O. The van der Waals surface area contributed by atoms with Gasteiger partial charge in [0.05, 0.1) is 6.10 Å². The summed E-state index contributed by atoms with van der Waals surface area (Å²) >= 11 is 1.48. The molecule has 3 rings (SSSR count). The summed E-state index contributed by atoms with van der Waals surface area (Å²) in [5.74, 6) is 0. The van der Waals surface area contributed by atoms with E-state index in [9.17, 15) is 15.3 Å². The molecule has 0 bridgehead atoms. The predicted octanol–water partition coefficient (Wildman–Crippen LogP) is -1.01. The summed E-state index contributed by atoms with van der Waals surface area (Å²) in [6, 6.07) is -0.435. The van der Waals surface area contributed by atoms with Crippen LogP contribution in [0.5, 0.6) is 0 Å². The number of hydrogen-bond donors (Lipinski definition) is 3. The lowest BCUT2D eigenvalue weighted by atomic mass is 9.95. The standard InChI is InChI=1S/C11H18N2O4S/c1-5(14)9-8(16)7(15)6-10(17-9)18-11(12-6)13-3-2-4-13/h5-10,14-16H,2-4H2,1H3/t5-,6+,7+,8-,9+,10+/m0/s1. The average molecular weight is 274 g/mol. The number of nitrogens with zero attached hydrogens (tertiary/aromatic N) is 2. The summed E-state index contributed by atoms with van der Waals surface area (Å²) in [6.07, 6.45) is -2.47. The Morgan fingerprint density at radius 2 is 2.11 bits per heavy atom. The quantitative estimate of drug-likeness (QED) is 0.568. The maximum atomic E-state index is 10.1. The lowest BCUT2D eigenvalue weighted by Gasteiger charge is -2.39. The molecule has 7 heteroatoms. The number of ether oxygens (including phenoxy) is 1. The summed E-state index contributed by atoms with van der Waals surface area (Å²) in [4.78, 5) is 6.59. The van der Waals surface area contributed by atoms with Crippen molar-refractivity contribution in [3.63, 3.8) is 0 Å². The third-order valence-electron chi connectivity index (χ3n) is 3.69. The van der Waals surface area contributed by atoms with E-state index in [0.29, 0.717) is 0 Å². The van der Waals surface area contributed by atoms with Crippen LogP contribution in [0.4, 0.5) is 0 Å². The summed E-state index contributed by atoms with van der Waals surface area (Å²) in [7, 11) is 0. The van der Waals surface area contributed by atoms with Gasteiger partial charge in [0.2, 0.25) is 0 Å². The first-order chi connectivity index (χ1) is 8.58. The third kappa shape index (κ3) is 1.94. The van der Waals surface area contributed by atoms with Gasteiger partial charge in [-0.1, -0.05) is 11.8 Å². The van der Waals surface area contributed by atoms with Gasteiger partial charge in [0, 0.05) is 13.1 Å². The molecule has 3 aliphatic rings. The van der Waals surface area contributed by atoms with Gasteiger partial charge in [-0.05, 0) is 13.3 Å².